The predicted octanol–water partition coefficient (Wildman–Crippen LogP) is 2.72. The zero-order valence-corrected chi connectivity index (χ0v) is 14.0. The van der Waals surface area contributed by atoms with Gasteiger partial charge in [0.2, 0.25) is 5.91 Å². The minimum atomic E-state index is -0.154. The van der Waals surface area contributed by atoms with Crippen molar-refractivity contribution in [3.05, 3.63) is 35.9 Å². The molecule has 0 radical (unpaired) electrons. The van der Waals surface area contributed by atoms with E-state index in [1.165, 1.54) is 12.7 Å². The van der Waals surface area contributed by atoms with Crippen LogP contribution in [0, 0.1) is 5.92 Å². The maximum absolute atomic E-state index is 12.5. The van der Waals surface area contributed by atoms with Crippen molar-refractivity contribution >= 4 is 23.6 Å². The first-order valence-electron chi connectivity index (χ1n) is 7.64. The smallest absolute Gasteiger partial charge is 0.308 e. The number of rotatable bonds is 5. The number of carbonyl (C=O) groups excluding carboxylic acids is 2. The number of benzene rings is 1. The third-order valence-electron chi connectivity index (χ3n) is 4.03. The maximum Gasteiger partial charge on any atom is 0.308 e. The van der Waals surface area contributed by atoms with Crippen LogP contribution in [0.2, 0.25) is 0 Å². The fourth-order valence-corrected chi connectivity index (χ4v) is 3.55. The number of carbonyl (C=O) groups is 2. The van der Waals surface area contributed by atoms with E-state index >= 15 is 0 Å². The lowest BCUT2D eigenvalue weighted by Gasteiger charge is -2.32. The average Bonchev–Trinajstić information content (AvgIpc) is 2.59. The predicted molar refractivity (Wildman–Crippen MR) is 88.5 cm³/mol. The fourth-order valence-electron chi connectivity index (χ4n) is 2.63. The molecular formula is C17H23NO3S. The summed E-state index contributed by atoms with van der Waals surface area (Å²) in [7, 11) is 1.42. The highest BCUT2D eigenvalue weighted by Crippen LogP contribution is 2.23. The lowest BCUT2D eigenvalue weighted by molar-refractivity contribution is -0.148. The molecule has 0 N–H and O–H groups in total. The van der Waals surface area contributed by atoms with Crippen molar-refractivity contribution in [2.75, 3.05) is 20.2 Å². The second kappa shape index (κ2) is 8.22. The summed E-state index contributed by atoms with van der Waals surface area (Å²) in [6.07, 6.45) is 1.41. The largest absolute Gasteiger partial charge is 0.469 e. The molecule has 22 heavy (non-hydrogen) atoms. The first-order valence-corrected chi connectivity index (χ1v) is 8.69. The molecule has 1 amide bonds. The highest BCUT2D eigenvalue weighted by Gasteiger charge is 2.29. The van der Waals surface area contributed by atoms with Gasteiger partial charge in [0, 0.05) is 18.8 Å². The number of amides is 1. The molecule has 0 aliphatic carbocycles. The normalized spacial score (nSPS) is 17.1. The molecule has 1 atom stereocenters. The molecule has 1 aromatic rings. The van der Waals surface area contributed by atoms with Gasteiger partial charge < -0.3 is 9.64 Å². The van der Waals surface area contributed by atoms with Crippen LogP contribution in [0.4, 0.5) is 0 Å². The van der Waals surface area contributed by atoms with Crippen LogP contribution in [0.15, 0.2) is 30.3 Å². The van der Waals surface area contributed by atoms with Crippen molar-refractivity contribution in [1.29, 1.82) is 0 Å². The Labute approximate surface area is 136 Å². The first kappa shape index (κ1) is 16.9. The van der Waals surface area contributed by atoms with E-state index in [1.54, 1.807) is 11.8 Å². The Morgan fingerprint density at radius 1 is 1.27 bits per heavy atom. The molecular weight excluding hydrogens is 298 g/mol. The molecule has 2 rings (SSSR count). The molecule has 1 aliphatic rings. The van der Waals surface area contributed by atoms with Crippen LogP contribution >= 0.6 is 11.8 Å². The van der Waals surface area contributed by atoms with E-state index in [0.29, 0.717) is 25.9 Å². The van der Waals surface area contributed by atoms with Gasteiger partial charge in [-0.15, -0.1) is 11.8 Å². The molecule has 120 valence electrons. The van der Waals surface area contributed by atoms with Gasteiger partial charge in [-0.1, -0.05) is 30.3 Å². The van der Waals surface area contributed by atoms with Crippen LogP contribution < -0.4 is 0 Å². The summed E-state index contributed by atoms with van der Waals surface area (Å²) in [5.74, 6) is 0.802. The topological polar surface area (TPSA) is 46.6 Å². The Morgan fingerprint density at radius 2 is 1.91 bits per heavy atom. The lowest BCUT2D eigenvalue weighted by atomic mass is 9.97. The Kier molecular flexibility index (Phi) is 6.31. The molecule has 4 nitrogen and oxygen atoms in total. The van der Waals surface area contributed by atoms with Gasteiger partial charge in [0.25, 0.3) is 0 Å². The molecule has 0 saturated carbocycles. The van der Waals surface area contributed by atoms with Crippen molar-refractivity contribution < 1.29 is 14.3 Å². The molecule has 5 heteroatoms. The molecule has 1 saturated heterocycles. The second-order valence-electron chi connectivity index (χ2n) is 5.56. The van der Waals surface area contributed by atoms with Crippen LogP contribution in [0.1, 0.15) is 25.3 Å². The van der Waals surface area contributed by atoms with Crippen LogP contribution in [-0.2, 0) is 20.1 Å². The monoisotopic (exact) mass is 321 g/mol. The molecule has 0 bridgehead atoms. The number of ether oxygens (including phenoxy) is 1. The molecule has 1 fully saturated rings. The Balaban J connectivity index is 1.78. The molecule has 0 spiro atoms. The number of nitrogens with zero attached hydrogens (tertiary/aromatic N) is 1. The van der Waals surface area contributed by atoms with E-state index in [-0.39, 0.29) is 23.0 Å². The van der Waals surface area contributed by atoms with E-state index in [2.05, 4.69) is 12.1 Å². The van der Waals surface area contributed by atoms with Gasteiger partial charge in [-0.05, 0) is 25.3 Å². The number of likely N-dealkylation sites (tertiary alicyclic amines) is 1. The number of piperidine rings is 1. The van der Waals surface area contributed by atoms with Crippen molar-refractivity contribution in [2.45, 2.75) is 30.8 Å². The Hall–Kier alpha value is -1.49. The van der Waals surface area contributed by atoms with E-state index in [1.807, 2.05) is 30.0 Å². The van der Waals surface area contributed by atoms with Crippen LogP contribution in [0.3, 0.4) is 0 Å². The number of hydrogen-bond acceptors (Lipinski definition) is 4. The zero-order chi connectivity index (χ0) is 15.9. The summed E-state index contributed by atoms with van der Waals surface area (Å²) in [4.78, 5) is 25.8. The van der Waals surface area contributed by atoms with Gasteiger partial charge in [-0.25, -0.2) is 0 Å². The summed E-state index contributed by atoms with van der Waals surface area (Å²) in [6, 6.07) is 10.2. The van der Waals surface area contributed by atoms with Crippen molar-refractivity contribution in [1.82, 2.24) is 4.90 Å². The molecule has 1 aliphatic heterocycles. The SMILES string of the molecule is COC(=O)C1CCN(C(=O)[C@@H](C)SCc2ccccc2)CC1. The van der Waals surface area contributed by atoms with Crippen molar-refractivity contribution in [3.63, 3.8) is 0 Å². The van der Waals surface area contributed by atoms with Gasteiger partial charge in [0.1, 0.15) is 0 Å². The number of methoxy groups -OCH3 is 1. The highest BCUT2D eigenvalue weighted by atomic mass is 32.2. The van der Waals surface area contributed by atoms with E-state index in [4.69, 9.17) is 4.74 Å². The van der Waals surface area contributed by atoms with E-state index in [9.17, 15) is 9.59 Å². The zero-order valence-electron chi connectivity index (χ0n) is 13.2. The average molecular weight is 321 g/mol. The first-order chi connectivity index (χ1) is 10.6. The minimum Gasteiger partial charge on any atom is -0.469 e. The minimum absolute atomic E-state index is 0.0543. The Bertz CT molecular complexity index is 498. The Morgan fingerprint density at radius 3 is 2.50 bits per heavy atom. The summed E-state index contributed by atoms with van der Waals surface area (Å²) >= 11 is 1.66. The molecule has 0 unspecified atom stereocenters. The highest BCUT2D eigenvalue weighted by molar-refractivity contribution is 7.99. The fraction of sp³-hybridized carbons (Fsp3) is 0.529. The summed E-state index contributed by atoms with van der Waals surface area (Å²) in [5, 5.41) is -0.0603. The number of thioether (sulfide) groups is 1. The molecule has 0 aromatic heterocycles. The van der Waals surface area contributed by atoms with Crippen LogP contribution in [-0.4, -0.2) is 42.2 Å². The van der Waals surface area contributed by atoms with E-state index in [0.717, 1.165) is 5.75 Å². The standard InChI is InChI=1S/C17H23NO3S/c1-13(22-12-14-6-4-3-5-7-14)16(19)18-10-8-15(9-11-18)17(20)21-2/h3-7,13,15H,8-12H2,1-2H3/t13-/m1/s1. The number of hydrogen-bond donors (Lipinski definition) is 0. The quantitative estimate of drug-likeness (QED) is 0.782. The second-order valence-corrected chi connectivity index (χ2v) is 6.89. The molecule has 1 heterocycles. The van der Waals surface area contributed by atoms with Crippen LogP contribution in [0.25, 0.3) is 0 Å². The molecule has 1 aromatic carbocycles. The third kappa shape index (κ3) is 4.50. The van der Waals surface area contributed by atoms with Gasteiger partial charge in [0.15, 0.2) is 0 Å². The van der Waals surface area contributed by atoms with Gasteiger partial charge in [0.05, 0.1) is 18.3 Å². The van der Waals surface area contributed by atoms with Gasteiger partial charge >= 0.3 is 5.97 Å². The maximum atomic E-state index is 12.5. The van der Waals surface area contributed by atoms with Crippen molar-refractivity contribution in [2.24, 2.45) is 5.92 Å². The summed E-state index contributed by atoms with van der Waals surface area (Å²) < 4.78 is 4.77. The van der Waals surface area contributed by atoms with Gasteiger partial charge in [-0.3, -0.25) is 9.59 Å². The van der Waals surface area contributed by atoms with Crippen molar-refractivity contribution in [3.8, 4) is 0 Å². The summed E-state index contributed by atoms with van der Waals surface area (Å²) in [6.45, 7) is 3.26. The van der Waals surface area contributed by atoms with Crippen LogP contribution in [0.5, 0.6) is 0 Å². The number of esters is 1. The lowest BCUT2D eigenvalue weighted by Crippen LogP contribution is -2.43. The third-order valence-corrected chi connectivity index (χ3v) is 5.23. The van der Waals surface area contributed by atoms with E-state index < -0.39 is 0 Å². The summed E-state index contributed by atoms with van der Waals surface area (Å²) in [5.41, 5.74) is 1.23. The van der Waals surface area contributed by atoms with Gasteiger partial charge in [-0.2, -0.15) is 0 Å².